The van der Waals surface area contributed by atoms with E-state index < -0.39 is 12.1 Å². The van der Waals surface area contributed by atoms with Crippen molar-refractivity contribution in [2.24, 2.45) is 0 Å². The lowest BCUT2D eigenvalue weighted by atomic mass is 10.0. The largest absolute Gasteiger partial charge is 0.466 e. The van der Waals surface area contributed by atoms with Gasteiger partial charge in [-0.05, 0) is 89.9 Å². The zero-order valence-corrected chi connectivity index (χ0v) is 53.8. The lowest BCUT2D eigenvalue weighted by molar-refractivity contribution is -0.143. The summed E-state index contributed by atoms with van der Waals surface area (Å²) in [5, 5.41) is 23.0. The van der Waals surface area contributed by atoms with Crippen molar-refractivity contribution in [3.8, 4) is 0 Å². The van der Waals surface area contributed by atoms with Crippen LogP contribution in [0.1, 0.15) is 386 Å². The molecule has 0 saturated carbocycles. The lowest BCUT2D eigenvalue weighted by Gasteiger charge is -2.20. The first-order valence-electron chi connectivity index (χ1n) is 35.9. The van der Waals surface area contributed by atoms with Crippen LogP contribution in [0.4, 0.5) is 0 Å². The van der Waals surface area contributed by atoms with Gasteiger partial charge in [0.05, 0.1) is 25.4 Å². The van der Waals surface area contributed by atoms with E-state index >= 15 is 0 Å². The van der Waals surface area contributed by atoms with Crippen molar-refractivity contribution < 1.29 is 24.5 Å². The Bertz CT molecular complexity index is 1340. The second-order valence-electron chi connectivity index (χ2n) is 24.6. The first kappa shape index (κ1) is 77.8. The molecule has 0 aromatic carbocycles. The Morgan fingerprint density at radius 3 is 0.963 bits per heavy atom. The molecule has 0 fully saturated rings. The quantitative estimate of drug-likeness (QED) is 0.0320. The van der Waals surface area contributed by atoms with Gasteiger partial charge in [-0.3, -0.25) is 9.59 Å². The summed E-state index contributed by atoms with van der Waals surface area (Å²) >= 11 is 0. The molecule has 0 aliphatic heterocycles. The summed E-state index contributed by atoms with van der Waals surface area (Å²) in [5.41, 5.74) is 0. The molecule has 3 N–H and O–H groups in total. The molecule has 80 heavy (non-hydrogen) atoms. The van der Waals surface area contributed by atoms with Crippen molar-refractivity contribution in [2.75, 3.05) is 13.2 Å². The molecule has 0 radical (unpaired) electrons. The van der Waals surface area contributed by atoms with Gasteiger partial charge in [0, 0.05) is 12.8 Å². The predicted molar refractivity (Wildman–Crippen MR) is 352 cm³/mol. The van der Waals surface area contributed by atoms with Crippen molar-refractivity contribution >= 4 is 11.9 Å². The fraction of sp³-hybridized carbons (Fsp3) is 0.865. The molecule has 470 valence electrons. The highest BCUT2D eigenvalue weighted by atomic mass is 16.5. The Labute approximate surface area is 499 Å². The van der Waals surface area contributed by atoms with Gasteiger partial charge in [-0.15, -0.1) is 0 Å². The van der Waals surface area contributed by atoms with Crippen molar-refractivity contribution in [2.45, 2.75) is 398 Å². The molecule has 0 bridgehead atoms. The van der Waals surface area contributed by atoms with Crippen LogP contribution >= 0.6 is 0 Å². The number of rotatable bonds is 67. The number of aliphatic hydroxyl groups excluding tert-OH is 2. The number of esters is 1. The number of allylic oxidation sites excluding steroid dienone is 7. The van der Waals surface area contributed by atoms with E-state index in [0.717, 1.165) is 51.4 Å². The van der Waals surface area contributed by atoms with E-state index in [4.69, 9.17) is 4.74 Å². The number of hydrogen-bond acceptors (Lipinski definition) is 5. The van der Waals surface area contributed by atoms with Crippen LogP contribution in [0.5, 0.6) is 0 Å². The van der Waals surface area contributed by atoms with Gasteiger partial charge in [-0.25, -0.2) is 0 Å². The first-order valence-corrected chi connectivity index (χ1v) is 35.9. The zero-order chi connectivity index (χ0) is 57.8. The van der Waals surface area contributed by atoms with Crippen molar-refractivity contribution in [3.05, 3.63) is 48.6 Å². The van der Waals surface area contributed by atoms with E-state index in [2.05, 4.69) is 55.6 Å². The Morgan fingerprint density at radius 1 is 0.350 bits per heavy atom. The second kappa shape index (κ2) is 69.3. The number of unbranched alkanes of at least 4 members (excludes halogenated alkanes) is 50. The van der Waals surface area contributed by atoms with Crippen LogP contribution in [0.3, 0.4) is 0 Å². The molecule has 0 saturated heterocycles. The maximum absolute atomic E-state index is 12.4. The molecular formula is C74H139NO5. The van der Waals surface area contributed by atoms with Crippen LogP contribution in [0, 0.1) is 0 Å². The third kappa shape index (κ3) is 65.0. The summed E-state index contributed by atoms with van der Waals surface area (Å²) < 4.78 is 5.50. The summed E-state index contributed by atoms with van der Waals surface area (Å²) in [7, 11) is 0. The molecular weight excluding hydrogens is 983 g/mol. The zero-order valence-electron chi connectivity index (χ0n) is 53.8. The third-order valence-corrected chi connectivity index (χ3v) is 16.6. The number of carbonyl (C=O) groups excluding carboxylic acids is 2. The van der Waals surface area contributed by atoms with E-state index in [9.17, 15) is 19.8 Å². The fourth-order valence-electron chi connectivity index (χ4n) is 11.1. The van der Waals surface area contributed by atoms with Gasteiger partial charge in [0.25, 0.3) is 0 Å². The lowest BCUT2D eigenvalue weighted by Crippen LogP contribution is -2.45. The first-order chi connectivity index (χ1) is 39.5. The fourth-order valence-corrected chi connectivity index (χ4v) is 11.1. The molecule has 0 rings (SSSR count). The van der Waals surface area contributed by atoms with E-state index in [-0.39, 0.29) is 18.5 Å². The number of aliphatic hydroxyl groups is 2. The average molecular weight is 1120 g/mol. The molecule has 2 unspecified atom stereocenters. The summed E-state index contributed by atoms with van der Waals surface area (Å²) in [6.07, 6.45) is 90.8. The molecule has 6 heteroatoms. The van der Waals surface area contributed by atoms with Gasteiger partial charge in [-0.2, -0.15) is 0 Å². The maximum atomic E-state index is 12.4. The summed E-state index contributed by atoms with van der Waals surface area (Å²) in [4.78, 5) is 24.5. The Kier molecular flexibility index (Phi) is 67.4. The Balaban J connectivity index is 3.34. The highest BCUT2D eigenvalue weighted by molar-refractivity contribution is 5.76. The minimum absolute atomic E-state index is 0.0153. The number of carbonyl (C=O) groups is 2. The van der Waals surface area contributed by atoms with Crippen LogP contribution in [0.15, 0.2) is 48.6 Å². The molecule has 6 nitrogen and oxygen atoms in total. The molecule has 0 aromatic rings. The van der Waals surface area contributed by atoms with Gasteiger partial charge in [-0.1, -0.05) is 332 Å². The molecule has 0 aliphatic carbocycles. The molecule has 0 spiro atoms. The number of hydrogen-bond donors (Lipinski definition) is 3. The summed E-state index contributed by atoms with van der Waals surface area (Å²) in [6.45, 7) is 4.89. The minimum atomic E-state index is -0.840. The molecule has 0 aliphatic rings. The normalized spacial score (nSPS) is 12.8. The van der Waals surface area contributed by atoms with Gasteiger partial charge in [0.2, 0.25) is 5.91 Å². The van der Waals surface area contributed by atoms with Gasteiger partial charge >= 0.3 is 5.97 Å². The van der Waals surface area contributed by atoms with Crippen LogP contribution in [-0.4, -0.2) is 47.4 Å². The van der Waals surface area contributed by atoms with Crippen molar-refractivity contribution in [3.63, 3.8) is 0 Å². The van der Waals surface area contributed by atoms with Crippen LogP contribution in [0.2, 0.25) is 0 Å². The predicted octanol–water partition coefficient (Wildman–Crippen LogP) is 23.3. The highest BCUT2D eigenvalue weighted by Crippen LogP contribution is 2.18. The second-order valence-corrected chi connectivity index (χ2v) is 24.6. The number of nitrogens with one attached hydrogen (secondary N) is 1. The van der Waals surface area contributed by atoms with Crippen LogP contribution in [0.25, 0.3) is 0 Å². The standard InChI is InChI=1S/C74H139NO5/c1-3-5-7-9-11-13-14-15-16-38-42-45-48-52-56-60-64-68-74(79)80-69-65-61-57-53-49-46-43-40-37-35-33-31-29-27-25-23-21-19-17-18-20-22-24-26-28-30-32-34-36-39-41-44-47-51-55-59-63-67-73(78)75-71(70-76)72(77)66-62-58-54-50-12-10-8-6-4-2/h15-17,19,23,25,62,66,71-72,76-77H,3-14,18,20-22,24,26-61,63-65,67-70H2,1-2H3,(H,75,78)/b16-15-,19-17-,25-23-,66-62+. The molecule has 0 heterocycles. The van der Waals surface area contributed by atoms with Gasteiger partial charge in [0.1, 0.15) is 0 Å². The summed E-state index contributed by atoms with van der Waals surface area (Å²) in [6, 6.07) is -0.624. The Hall–Kier alpha value is -2.18. The molecule has 0 aromatic heterocycles. The smallest absolute Gasteiger partial charge is 0.305 e. The molecule has 2 atom stereocenters. The van der Waals surface area contributed by atoms with Gasteiger partial charge in [0.15, 0.2) is 0 Å². The summed E-state index contributed by atoms with van der Waals surface area (Å²) in [5.74, 6) is -0.0518. The van der Waals surface area contributed by atoms with Crippen molar-refractivity contribution in [1.29, 1.82) is 0 Å². The minimum Gasteiger partial charge on any atom is -0.466 e. The van der Waals surface area contributed by atoms with Crippen molar-refractivity contribution in [1.82, 2.24) is 5.32 Å². The monoisotopic (exact) mass is 1120 g/mol. The van der Waals surface area contributed by atoms with E-state index in [0.29, 0.717) is 19.4 Å². The van der Waals surface area contributed by atoms with E-state index in [1.807, 2.05) is 6.08 Å². The Morgan fingerprint density at radius 2 is 0.625 bits per heavy atom. The number of ether oxygens (including phenoxy) is 1. The third-order valence-electron chi connectivity index (χ3n) is 16.6. The highest BCUT2D eigenvalue weighted by Gasteiger charge is 2.18. The molecule has 1 amide bonds. The maximum Gasteiger partial charge on any atom is 0.305 e. The van der Waals surface area contributed by atoms with E-state index in [1.54, 1.807) is 6.08 Å². The van der Waals surface area contributed by atoms with Crippen LogP contribution in [-0.2, 0) is 14.3 Å². The van der Waals surface area contributed by atoms with Gasteiger partial charge < -0.3 is 20.3 Å². The SMILES string of the molecule is CCCCCCCC/C=C\CCCCCCCCCC(=O)OCCCCCCCCCCCCCCC/C=C\C/C=C\CCCCCCCCCCCCCCCCCCCC(=O)NC(CO)C(O)/C=C/CCCCCCCCC. The van der Waals surface area contributed by atoms with Crippen LogP contribution < -0.4 is 5.32 Å². The van der Waals surface area contributed by atoms with E-state index in [1.165, 1.54) is 308 Å². The average Bonchev–Trinajstić information content (AvgIpc) is 3.46. The topological polar surface area (TPSA) is 95.9 Å². The number of amides is 1.